The Labute approximate surface area is 231 Å². The first-order chi connectivity index (χ1) is 18.0. The number of halogens is 2. The number of methoxy groups -OCH3 is 2. The lowest BCUT2D eigenvalue weighted by atomic mass is 10.0. The van der Waals surface area contributed by atoms with Gasteiger partial charge in [0, 0.05) is 48.8 Å². The summed E-state index contributed by atoms with van der Waals surface area (Å²) in [5.41, 5.74) is 2.09. The van der Waals surface area contributed by atoms with Crippen molar-refractivity contribution < 1.29 is 22.7 Å². The monoisotopic (exact) mass is 578 g/mol. The molecule has 202 valence electrons. The maximum atomic E-state index is 12.4. The quantitative estimate of drug-likeness (QED) is 0.380. The van der Waals surface area contributed by atoms with Gasteiger partial charge in [-0.15, -0.1) is 0 Å². The highest BCUT2D eigenvalue weighted by Crippen LogP contribution is 2.46. The van der Waals surface area contributed by atoms with Gasteiger partial charge in [-0.1, -0.05) is 35.8 Å². The highest BCUT2D eigenvalue weighted by Gasteiger charge is 2.35. The number of rotatable bonds is 9. The van der Waals surface area contributed by atoms with Crippen LogP contribution in [-0.2, 0) is 21.2 Å². The number of carbonyl (C=O) groups excluding carboxylic acids is 1. The van der Waals surface area contributed by atoms with Crippen molar-refractivity contribution in [2.45, 2.75) is 18.9 Å². The number of nitrogens with one attached hydrogen (secondary N) is 1. The number of hydrogen-bond donors (Lipinski definition) is 1. The topological polar surface area (TPSA) is 111 Å². The zero-order chi connectivity index (χ0) is 27.6. The van der Waals surface area contributed by atoms with E-state index in [-0.39, 0.29) is 24.4 Å². The molecule has 0 unspecified atom stereocenters. The van der Waals surface area contributed by atoms with Crippen molar-refractivity contribution in [1.29, 1.82) is 0 Å². The van der Waals surface area contributed by atoms with Gasteiger partial charge in [0.1, 0.15) is 17.3 Å². The minimum absolute atomic E-state index is 0.0730. The number of aromatic nitrogens is 2. The van der Waals surface area contributed by atoms with Crippen LogP contribution in [0.1, 0.15) is 12.2 Å². The number of nitrogens with zero attached hydrogens (tertiary/aromatic N) is 3. The molecule has 1 aromatic heterocycles. The molecule has 1 aliphatic rings. The predicted molar refractivity (Wildman–Crippen MR) is 148 cm³/mol. The minimum Gasteiger partial charge on any atom is -0.495 e. The van der Waals surface area contributed by atoms with Gasteiger partial charge in [0.2, 0.25) is 15.9 Å². The van der Waals surface area contributed by atoms with Crippen LogP contribution in [0.2, 0.25) is 10.0 Å². The molecule has 0 radical (unpaired) electrons. The van der Waals surface area contributed by atoms with Crippen molar-refractivity contribution in [3.05, 3.63) is 59.0 Å². The van der Waals surface area contributed by atoms with E-state index >= 15 is 0 Å². The molecular weight excluding hydrogens is 551 g/mol. The number of likely N-dealkylation sites (tertiary alicyclic amines) is 1. The summed E-state index contributed by atoms with van der Waals surface area (Å²) in [7, 11) is -0.328. The molecule has 1 fully saturated rings. The van der Waals surface area contributed by atoms with E-state index in [1.165, 1.54) is 20.3 Å². The summed E-state index contributed by atoms with van der Waals surface area (Å²) < 4.78 is 36.4. The molecule has 2 atom stereocenters. The molecule has 4 rings (SSSR count). The van der Waals surface area contributed by atoms with E-state index < -0.39 is 10.0 Å². The van der Waals surface area contributed by atoms with Crippen molar-refractivity contribution in [1.82, 2.24) is 19.6 Å². The molecule has 0 spiro atoms. The molecule has 1 saturated heterocycles. The van der Waals surface area contributed by atoms with E-state index in [9.17, 15) is 13.2 Å². The van der Waals surface area contributed by atoms with Crippen LogP contribution in [0.3, 0.4) is 0 Å². The lowest BCUT2D eigenvalue weighted by Gasteiger charge is -2.23. The average molecular weight is 580 g/mol. The fourth-order valence-electron chi connectivity index (χ4n) is 4.71. The van der Waals surface area contributed by atoms with E-state index in [0.29, 0.717) is 52.3 Å². The lowest BCUT2D eigenvalue weighted by Crippen LogP contribution is -2.42. The third kappa shape index (κ3) is 6.04. The molecule has 3 aromatic rings. The fraction of sp³-hybridized carbons (Fsp3) is 0.346. The molecule has 0 aliphatic carbocycles. The molecule has 9 nitrogen and oxygen atoms in total. The summed E-state index contributed by atoms with van der Waals surface area (Å²) in [5.74, 6) is 1.37. The first-order valence-electron chi connectivity index (χ1n) is 11.8. The van der Waals surface area contributed by atoms with Crippen LogP contribution in [0.15, 0.2) is 43.1 Å². The van der Waals surface area contributed by atoms with Crippen LogP contribution >= 0.6 is 23.2 Å². The fourth-order valence-corrected chi connectivity index (χ4v) is 5.93. The Morgan fingerprint density at radius 1 is 1.21 bits per heavy atom. The second-order valence-corrected chi connectivity index (χ2v) is 11.7. The maximum absolute atomic E-state index is 12.4. The van der Waals surface area contributed by atoms with Crippen LogP contribution in [0, 0.1) is 5.92 Å². The number of amides is 1. The van der Waals surface area contributed by atoms with Gasteiger partial charge in [-0.3, -0.25) is 4.79 Å². The van der Waals surface area contributed by atoms with Crippen molar-refractivity contribution in [3.63, 3.8) is 0 Å². The summed E-state index contributed by atoms with van der Waals surface area (Å²) in [5, 5.41) is 1.54. The number of sulfonamides is 1. The largest absolute Gasteiger partial charge is 0.495 e. The molecular formula is C26H28Cl2N4O5S. The van der Waals surface area contributed by atoms with Crippen molar-refractivity contribution in [2.75, 3.05) is 33.6 Å². The molecule has 1 amide bonds. The van der Waals surface area contributed by atoms with Gasteiger partial charge in [0.05, 0.1) is 36.0 Å². The second kappa shape index (κ2) is 11.4. The molecule has 1 N–H and O–H groups in total. The van der Waals surface area contributed by atoms with Gasteiger partial charge in [-0.2, -0.15) is 0 Å². The van der Waals surface area contributed by atoms with E-state index in [2.05, 4.69) is 16.3 Å². The Bertz CT molecular complexity index is 1470. The Morgan fingerprint density at radius 2 is 1.89 bits per heavy atom. The molecule has 12 heteroatoms. The Balaban J connectivity index is 1.57. The Kier molecular flexibility index (Phi) is 8.46. The van der Waals surface area contributed by atoms with Gasteiger partial charge in [0.15, 0.2) is 0 Å². The smallest absolute Gasteiger partial charge is 0.246 e. The molecule has 0 bridgehead atoms. The SMILES string of the molecule is C=CC(=O)N1C[C@@H](Cc2ncc3cc(-c4c(Cl)c(OC)cc(OC)c4Cl)ccc3n2)C[C@H]1CNS(C)(=O)=O. The summed E-state index contributed by atoms with van der Waals surface area (Å²) in [6, 6.07) is 7.02. The highest BCUT2D eigenvalue weighted by molar-refractivity contribution is 7.88. The second-order valence-electron chi connectivity index (χ2n) is 9.12. The summed E-state index contributed by atoms with van der Waals surface area (Å²) in [6.45, 7) is 4.18. The van der Waals surface area contributed by atoms with Crippen LogP contribution in [0.4, 0.5) is 0 Å². The zero-order valence-corrected chi connectivity index (χ0v) is 23.5. The standard InChI is InChI=1S/C26H28Cl2N4O5S/c1-5-23(33)32-14-15(8-18(32)13-30-38(4,34)35)9-22-29-12-17-10-16(6-7-19(17)31-22)24-25(27)20(36-2)11-21(37-3)26(24)28/h5-7,10-12,15,18,30H,1,8-9,13-14H2,2-4H3/t15-,18+/m1/s1. The third-order valence-corrected chi connectivity index (χ3v) is 7.94. The van der Waals surface area contributed by atoms with Crippen molar-refractivity contribution >= 4 is 50.0 Å². The first kappa shape index (κ1) is 28.1. The molecule has 1 aliphatic heterocycles. The number of hydrogen-bond acceptors (Lipinski definition) is 7. The third-order valence-electron chi connectivity index (χ3n) is 6.50. The molecule has 0 saturated carbocycles. The number of ether oxygens (including phenoxy) is 2. The predicted octanol–water partition coefficient (Wildman–Crippen LogP) is 4.12. The average Bonchev–Trinajstić information content (AvgIpc) is 3.29. The Hall–Kier alpha value is -2.92. The normalized spacial score (nSPS) is 17.6. The minimum atomic E-state index is -3.37. The van der Waals surface area contributed by atoms with E-state index in [1.807, 2.05) is 18.2 Å². The van der Waals surface area contributed by atoms with Gasteiger partial charge in [-0.25, -0.2) is 23.1 Å². The summed E-state index contributed by atoms with van der Waals surface area (Å²) >= 11 is 13.2. The van der Waals surface area contributed by atoms with Crippen LogP contribution in [0.5, 0.6) is 11.5 Å². The van der Waals surface area contributed by atoms with Gasteiger partial charge in [0.25, 0.3) is 0 Å². The van der Waals surface area contributed by atoms with Gasteiger partial charge in [-0.05, 0) is 36.1 Å². The molecule has 2 aromatic carbocycles. The van der Waals surface area contributed by atoms with Crippen molar-refractivity contribution in [3.8, 4) is 22.6 Å². The van der Waals surface area contributed by atoms with Gasteiger partial charge >= 0.3 is 0 Å². The maximum Gasteiger partial charge on any atom is 0.246 e. The van der Waals surface area contributed by atoms with Crippen LogP contribution in [0.25, 0.3) is 22.0 Å². The van der Waals surface area contributed by atoms with Crippen LogP contribution < -0.4 is 14.2 Å². The number of benzene rings is 2. The van der Waals surface area contributed by atoms with E-state index in [1.54, 1.807) is 17.2 Å². The van der Waals surface area contributed by atoms with Crippen LogP contribution in [-0.4, -0.2) is 68.8 Å². The highest BCUT2D eigenvalue weighted by atomic mass is 35.5. The zero-order valence-electron chi connectivity index (χ0n) is 21.2. The molecule has 2 heterocycles. The van der Waals surface area contributed by atoms with Gasteiger partial charge < -0.3 is 14.4 Å². The number of fused-ring (bicyclic) bond motifs is 1. The number of carbonyl (C=O) groups is 1. The first-order valence-corrected chi connectivity index (χ1v) is 14.4. The summed E-state index contributed by atoms with van der Waals surface area (Å²) in [4.78, 5) is 23.3. The Morgan fingerprint density at radius 3 is 2.50 bits per heavy atom. The van der Waals surface area contributed by atoms with E-state index in [4.69, 9.17) is 37.7 Å². The summed E-state index contributed by atoms with van der Waals surface area (Å²) in [6.07, 6.45) is 5.25. The lowest BCUT2D eigenvalue weighted by molar-refractivity contribution is -0.126. The van der Waals surface area contributed by atoms with Crippen molar-refractivity contribution in [2.24, 2.45) is 5.92 Å². The van der Waals surface area contributed by atoms with E-state index in [0.717, 1.165) is 22.7 Å². The molecule has 38 heavy (non-hydrogen) atoms.